The van der Waals surface area contributed by atoms with Crippen LogP contribution in [0.15, 0.2) is 18.2 Å². The molecule has 2 fully saturated rings. The van der Waals surface area contributed by atoms with E-state index in [9.17, 15) is 4.79 Å². The van der Waals surface area contributed by atoms with E-state index in [1.807, 2.05) is 0 Å². The molecule has 0 spiro atoms. The van der Waals surface area contributed by atoms with Crippen molar-refractivity contribution in [1.82, 2.24) is 10.2 Å². The number of fused-ring (bicyclic) bond motifs is 1. The van der Waals surface area contributed by atoms with Crippen molar-refractivity contribution < 1.29 is 9.53 Å². The third-order valence-corrected chi connectivity index (χ3v) is 6.36. The number of carbonyl (C=O) groups excluding carboxylic acids is 1. The van der Waals surface area contributed by atoms with Crippen LogP contribution in [0.3, 0.4) is 0 Å². The number of nitrogens with zero attached hydrogens (tertiary/aromatic N) is 2. The van der Waals surface area contributed by atoms with Crippen LogP contribution in [0.5, 0.6) is 0 Å². The normalized spacial score (nSPS) is 24.3. The first-order chi connectivity index (χ1) is 12.7. The number of hydrogen-bond donors (Lipinski definition) is 1. The highest BCUT2D eigenvalue weighted by Crippen LogP contribution is 2.35. The van der Waals surface area contributed by atoms with Crippen LogP contribution in [-0.2, 0) is 11.2 Å². The van der Waals surface area contributed by atoms with Crippen LogP contribution in [0, 0.1) is 0 Å². The van der Waals surface area contributed by atoms with E-state index in [0.29, 0.717) is 0 Å². The maximum Gasteiger partial charge on any atom is 0.407 e. The van der Waals surface area contributed by atoms with Gasteiger partial charge in [0.2, 0.25) is 0 Å². The first-order valence-corrected chi connectivity index (χ1v) is 10.2. The van der Waals surface area contributed by atoms with E-state index in [-0.39, 0.29) is 12.2 Å². The lowest BCUT2D eigenvalue weighted by Gasteiger charge is -2.39. The summed E-state index contributed by atoms with van der Waals surface area (Å²) in [6.45, 7) is 4.52. The van der Waals surface area contributed by atoms with Crippen LogP contribution >= 0.6 is 0 Å². The molecule has 5 heteroatoms. The standard InChI is InChI=1S/C21H31N3O2/c1-22-21(25)26-20-8-4-5-16-9-10-18(15-19(16)20)24-13-11-23(12-14-24)17-6-2-3-7-17/h9-10,15,17,20H,2-8,11-14H2,1H3,(H,22,25). The van der Waals surface area contributed by atoms with E-state index >= 15 is 0 Å². The van der Waals surface area contributed by atoms with Crippen LogP contribution in [0.1, 0.15) is 55.8 Å². The minimum Gasteiger partial charge on any atom is -0.441 e. The van der Waals surface area contributed by atoms with E-state index in [0.717, 1.165) is 38.4 Å². The van der Waals surface area contributed by atoms with E-state index < -0.39 is 0 Å². The van der Waals surface area contributed by atoms with Gasteiger partial charge in [0, 0.05) is 45.0 Å². The molecule has 1 aliphatic heterocycles. The molecule has 3 aliphatic rings. The minimum atomic E-state index is -0.335. The quantitative estimate of drug-likeness (QED) is 0.899. The van der Waals surface area contributed by atoms with E-state index in [1.165, 1.54) is 55.6 Å². The lowest BCUT2D eigenvalue weighted by molar-refractivity contribution is 0.0892. The number of benzene rings is 1. The fourth-order valence-corrected chi connectivity index (χ4v) is 4.87. The average Bonchev–Trinajstić information content (AvgIpc) is 3.23. The van der Waals surface area contributed by atoms with Crippen LogP contribution in [0.2, 0.25) is 0 Å². The van der Waals surface area contributed by atoms with Gasteiger partial charge >= 0.3 is 6.09 Å². The molecular formula is C21H31N3O2. The summed E-state index contributed by atoms with van der Waals surface area (Å²) in [7, 11) is 1.62. The van der Waals surface area contributed by atoms with Gasteiger partial charge in [0.1, 0.15) is 6.10 Å². The number of ether oxygens (including phenoxy) is 1. The summed E-state index contributed by atoms with van der Waals surface area (Å²) in [5.74, 6) is 0. The molecule has 1 aromatic rings. The Morgan fingerprint density at radius 1 is 1.08 bits per heavy atom. The molecule has 5 nitrogen and oxygen atoms in total. The Morgan fingerprint density at radius 3 is 2.58 bits per heavy atom. The molecular weight excluding hydrogens is 326 g/mol. The molecule has 1 saturated heterocycles. The lowest BCUT2D eigenvalue weighted by Crippen LogP contribution is -2.49. The topological polar surface area (TPSA) is 44.8 Å². The van der Waals surface area contributed by atoms with Crippen molar-refractivity contribution in [3.8, 4) is 0 Å². The highest BCUT2D eigenvalue weighted by molar-refractivity contribution is 5.67. The summed E-state index contributed by atoms with van der Waals surface area (Å²) in [4.78, 5) is 16.9. The first-order valence-electron chi connectivity index (χ1n) is 10.2. The summed E-state index contributed by atoms with van der Waals surface area (Å²) in [5.41, 5.74) is 3.82. The molecule has 1 N–H and O–H groups in total. The Hall–Kier alpha value is -1.75. The molecule has 1 heterocycles. The molecule has 142 valence electrons. The number of alkyl carbamates (subject to hydrolysis) is 1. The lowest BCUT2D eigenvalue weighted by atomic mass is 9.89. The molecule has 1 amide bonds. The number of nitrogens with one attached hydrogen (secondary N) is 1. The molecule has 1 saturated carbocycles. The SMILES string of the molecule is CNC(=O)OC1CCCc2ccc(N3CCN(C4CCCC4)CC3)cc21. The molecule has 26 heavy (non-hydrogen) atoms. The second-order valence-electron chi connectivity index (χ2n) is 7.88. The molecule has 0 bridgehead atoms. The summed E-state index contributed by atoms with van der Waals surface area (Å²) in [6, 6.07) is 7.60. The van der Waals surface area contributed by atoms with Gasteiger partial charge in [-0.1, -0.05) is 18.9 Å². The Balaban J connectivity index is 1.44. The van der Waals surface area contributed by atoms with Crippen molar-refractivity contribution in [3.05, 3.63) is 29.3 Å². The van der Waals surface area contributed by atoms with E-state index in [2.05, 4.69) is 33.3 Å². The average molecular weight is 357 g/mol. The zero-order chi connectivity index (χ0) is 17.9. The Labute approximate surface area is 156 Å². The maximum atomic E-state index is 11.7. The summed E-state index contributed by atoms with van der Waals surface area (Å²) in [5, 5.41) is 2.58. The monoisotopic (exact) mass is 357 g/mol. The number of hydrogen-bond acceptors (Lipinski definition) is 4. The van der Waals surface area contributed by atoms with Gasteiger partial charge in [-0.15, -0.1) is 0 Å². The van der Waals surface area contributed by atoms with Gasteiger partial charge in [-0.3, -0.25) is 4.90 Å². The molecule has 1 aromatic carbocycles. The third-order valence-electron chi connectivity index (χ3n) is 6.36. The molecule has 0 radical (unpaired) electrons. The van der Waals surface area contributed by atoms with Crippen molar-refractivity contribution in [1.29, 1.82) is 0 Å². The van der Waals surface area contributed by atoms with Gasteiger partial charge in [0.15, 0.2) is 0 Å². The predicted molar refractivity (Wildman–Crippen MR) is 104 cm³/mol. The number of piperazine rings is 1. The van der Waals surface area contributed by atoms with Gasteiger partial charge in [-0.25, -0.2) is 4.79 Å². The van der Waals surface area contributed by atoms with E-state index in [1.54, 1.807) is 7.05 Å². The van der Waals surface area contributed by atoms with E-state index in [4.69, 9.17) is 4.74 Å². The zero-order valence-corrected chi connectivity index (χ0v) is 15.9. The number of aryl methyl sites for hydroxylation is 1. The van der Waals surface area contributed by atoms with Crippen molar-refractivity contribution in [2.75, 3.05) is 38.1 Å². The second kappa shape index (κ2) is 7.87. The van der Waals surface area contributed by atoms with Gasteiger partial charge in [-0.05, 0) is 55.4 Å². The summed E-state index contributed by atoms with van der Waals surface area (Å²) < 4.78 is 5.62. The molecule has 2 aliphatic carbocycles. The Morgan fingerprint density at radius 2 is 1.85 bits per heavy atom. The first kappa shape index (κ1) is 17.7. The van der Waals surface area contributed by atoms with Crippen LogP contribution in [-0.4, -0.2) is 50.3 Å². The maximum absolute atomic E-state index is 11.7. The van der Waals surface area contributed by atoms with Crippen molar-refractivity contribution in [3.63, 3.8) is 0 Å². The number of anilines is 1. The van der Waals surface area contributed by atoms with Crippen LogP contribution < -0.4 is 10.2 Å². The fraction of sp³-hybridized carbons (Fsp3) is 0.667. The second-order valence-corrected chi connectivity index (χ2v) is 7.88. The van der Waals surface area contributed by atoms with Crippen molar-refractivity contribution in [2.45, 2.75) is 57.1 Å². The number of rotatable bonds is 3. The molecule has 0 aromatic heterocycles. The van der Waals surface area contributed by atoms with Gasteiger partial charge < -0.3 is 15.0 Å². The van der Waals surface area contributed by atoms with Gasteiger partial charge in [0.25, 0.3) is 0 Å². The predicted octanol–water partition coefficient (Wildman–Crippen LogP) is 3.48. The highest BCUT2D eigenvalue weighted by atomic mass is 16.6. The Bertz CT molecular complexity index is 634. The smallest absolute Gasteiger partial charge is 0.407 e. The third kappa shape index (κ3) is 3.68. The fourth-order valence-electron chi connectivity index (χ4n) is 4.87. The molecule has 1 unspecified atom stereocenters. The van der Waals surface area contributed by atoms with Crippen LogP contribution in [0.25, 0.3) is 0 Å². The molecule has 4 rings (SSSR count). The van der Waals surface area contributed by atoms with Crippen LogP contribution in [0.4, 0.5) is 10.5 Å². The molecule has 1 atom stereocenters. The number of carbonyl (C=O) groups is 1. The number of amides is 1. The zero-order valence-electron chi connectivity index (χ0n) is 15.9. The van der Waals surface area contributed by atoms with Crippen molar-refractivity contribution >= 4 is 11.8 Å². The van der Waals surface area contributed by atoms with Gasteiger partial charge in [0.05, 0.1) is 0 Å². The summed E-state index contributed by atoms with van der Waals surface area (Å²) in [6.07, 6.45) is 8.21. The summed E-state index contributed by atoms with van der Waals surface area (Å²) >= 11 is 0. The Kier molecular flexibility index (Phi) is 5.34. The largest absolute Gasteiger partial charge is 0.441 e. The minimum absolute atomic E-state index is 0.113. The highest BCUT2D eigenvalue weighted by Gasteiger charge is 2.28. The van der Waals surface area contributed by atoms with Crippen molar-refractivity contribution in [2.24, 2.45) is 0 Å². The van der Waals surface area contributed by atoms with Gasteiger partial charge in [-0.2, -0.15) is 0 Å².